The third-order valence-electron chi connectivity index (χ3n) is 2.57. The van der Waals surface area contributed by atoms with Gasteiger partial charge in [0.15, 0.2) is 0 Å². The van der Waals surface area contributed by atoms with Crippen molar-refractivity contribution in [3.8, 4) is 0 Å². The Bertz CT molecular complexity index is 504. The molecule has 0 bridgehead atoms. The Kier molecular flexibility index (Phi) is 3.72. The van der Waals surface area contributed by atoms with E-state index in [0.29, 0.717) is 13.1 Å². The molecule has 1 atom stereocenters. The molecule has 0 amide bonds. The van der Waals surface area contributed by atoms with E-state index >= 15 is 0 Å². The molecular weight excluding hydrogens is 218 g/mol. The molecule has 5 heteroatoms. The van der Waals surface area contributed by atoms with E-state index < -0.39 is 0 Å². The van der Waals surface area contributed by atoms with Gasteiger partial charge in [-0.05, 0) is 19.1 Å². The highest BCUT2D eigenvalue weighted by Gasteiger charge is 2.06. The molecule has 2 heterocycles. The van der Waals surface area contributed by atoms with Crippen LogP contribution in [0.25, 0.3) is 0 Å². The summed E-state index contributed by atoms with van der Waals surface area (Å²) in [6, 6.07) is 5.38. The Hall–Kier alpha value is -1.88. The lowest BCUT2D eigenvalue weighted by Gasteiger charge is -2.11. The second kappa shape index (κ2) is 5.45. The van der Waals surface area contributed by atoms with Crippen LogP contribution in [0.3, 0.4) is 0 Å². The normalized spacial score (nSPS) is 12.5. The standard InChI is InChI=1S/C12H15N3O2/c1-10(11-3-2-8-17-11)14-6-7-15-9-13-5-4-12(15)16/h2-5,8-10,14H,6-7H2,1H3. The molecule has 0 saturated heterocycles. The monoisotopic (exact) mass is 233 g/mol. The summed E-state index contributed by atoms with van der Waals surface area (Å²) in [5, 5.41) is 3.28. The molecule has 5 nitrogen and oxygen atoms in total. The maximum Gasteiger partial charge on any atom is 0.253 e. The van der Waals surface area contributed by atoms with Crippen LogP contribution in [0, 0.1) is 0 Å². The van der Waals surface area contributed by atoms with Crippen molar-refractivity contribution in [3.63, 3.8) is 0 Å². The highest BCUT2D eigenvalue weighted by atomic mass is 16.3. The molecule has 2 aromatic heterocycles. The van der Waals surface area contributed by atoms with Gasteiger partial charge in [0, 0.05) is 25.4 Å². The average molecular weight is 233 g/mol. The van der Waals surface area contributed by atoms with Crippen LogP contribution < -0.4 is 10.9 Å². The fourth-order valence-electron chi connectivity index (χ4n) is 1.59. The minimum absolute atomic E-state index is 0.0348. The number of nitrogens with zero attached hydrogens (tertiary/aromatic N) is 2. The van der Waals surface area contributed by atoms with Gasteiger partial charge in [0.1, 0.15) is 5.76 Å². The summed E-state index contributed by atoms with van der Waals surface area (Å²) in [5.74, 6) is 0.892. The molecule has 0 aromatic carbocycles. The Morgan fingerprint density at radius 2 is 2.41 bits per heavy atom. The van der Waals surface area contributed by atoms with Crippen LogP contribution in [-0.2, 0) is 6.54 Å². The summed E-state index contributed by atoms with van der Waals surface area (Å²) >= 11 is 0. The number of furan rings is 1. The van der Waals surface area contributed by atoms with Crippen molar-refractivity contribution in [1.82, 2.24) is 14.9 Å². The highest BCUT2D eigenvalue weighted by molar-refractivity contribution is 5.02. The van der Waals surface area contributed by atoms with Crippen molar-refractivity contribution in [2.45, 2.75) is 19.5 Å². The predicted octanol–water partition coefficient (Wildman–Crippen LogP) is 1.19. The van der Waals surface area contributed by atoms with Gasteiger partial charge in [-0.15, -0.1) is 0 Å². The zero-order chi connectivity index (χ0) is 12.1. The van der Waals surface area contributed by atoms with Crippen molar-refractivity contribution < 1.29 is 4.42 Å². The van der Waals surface area contributed by atoms with E-state index in [2.05, 4.69) is 10.3 Å². The van der Waals surface area contributed by atoms with Crippen LogP contribution >= 0.6 is 0 Å². The van der Waals surface area contributed by atoms with Gasteiger partial charge in [0.25, 0.3) is 5.56 Å². The van der Waals surface area contributed by atoms with Crippen molar-refractivity contribution >= 4 is 0 Å². The number of hydrogen-bond acceptors (Lipinski definition) is 4. The van der Waals surface area contributed by atoms with Crippen molar-refractivity contribution in [2.75, 3.05) is 6.54 Å². The number of nitrogens with one attached hydrogen (secondary N) is 1. The van der Waals surface area contributed by atoms with E-state index in [1.54, 1.807) is 17.2 Å². The minimum Gasteiger partial charge on any atom is -0.468 e. The SMILES string of the molecule is CC(NCCn1cnccc1=O)c1ccco1. The van der Waals surface area contributed by atoms with E-state index in [-0.39, 0.29) is 11.6 Å². The molecular formula is C12H15N3O2. The van der Waals surface area contributed by atoms with Crippen molar-refractivity contribution in [1.29, 1.82) is 0 Å². The first-order chi connectivity index (χ1) is 8.27. The van der Waals surface area contributed by atoms with Crippen LogP contribution in [0.15, 0.2) is 46.2 Å². The van der Waals surface area contributed by atoms with Gasteiger partial charge in [0.05, 0.1) is 18.6 Å². The van der Waals surface area contributed by atoms with E-state index in [1.807, 2.05) is 19.1 Å². The lowest BCUT2D eigenvalue weighted by atomic mass is 10.2. The number of aromatic nitrogens is 2. The summed E-state index contributed by atoms with van der Waals surface area (Å²) in [6.07, 6.45) is 4.69. The van der Waals surface area contributed by atoms with Crippen molar-refractivity contribution in [3.05, 3.63) is 53.1 Å². The van der Waals surface area contributed by atoms with E-state index in [0.717, 1.165) is 5.76 Å². The van der Waals surface area contributed by atoms with E-state index in [1.165, 1.54) is 12.3 Å². The molecule has 0 fully saturated rings. The summed E-state index contributed by atoms with van der Waals surface area (Å²) in [7, 11) is 0. The molecule has 1 unspecified atom stereocenters. The zero-order valence-corrected chi connectivity index (χ0v) is 9.67. The zero-order valence-electron chi connectivity index (χ0n) is 9.67. The molecule has 2 rings (SSSR count). The second-order valence-electron chi connectivity index (χ2n) is 3.80. The predicted molar refractivity (Wildman–Crippen MR) is 63.6 cm³/mol. The summed E-state index contributed by atoms with van der Waals surface area (Å²) in [5.41, 5.74) is -0.0348. The smallest absolute Gasteiger partial charge is 0.253 e. The fraction of sp³-hybridized carbons (Fsp3) is 0.333. The Morgan fingerprint density at radius 1 is 1.53 bits per heavy atom. The Labute approximate surface area is 99.1 Å². The van der Waals surface area contributed by atoms with Gasteiger partial charge in [0.2, 0.25) is 0 Å². The van der Waals surface area contributed by atoms with Crippen molar-refractivity contribution in [2.24, 2.45) is 0 Å². The molecule has 0 spiro atoms. The second-order valence-corrected chi connectivity index (χ2v) is 3.80. The first-order valence-electron chi connectivity index (χ1n) is 5.54. The van der Waals surface area contributed by atoms with Gasteiger partial charge in [-0.1, -0.05) is 0 Å². The molecule has 1 N–H and O–H groups in total. The highest BCUT2D eigenvalue weighted by Crippen LogP contribution is 2.11. The van der Waals surface area contributed by atoms with Crippen LogP contribution in [0.4, 0.5) is 0 Å². The van der Waals surface area contributed by atoms with Gasteiger partial charge in [-0.25, -0.2) is 4.98 Å². The maximum atomic E-state index is 11.4. The van der Waals surface area contributed by atoms with Crippen LogP contribution in [0.1, 0.15) is 18.7 Å². The first kappa shape index (κ1) is 11.6. The summed E-state index contributed by atoms with van der Waals surface area (Å²) in [6.45, 7) is 3.30. The van der Waals surface area contributed by atoms with Crippen LogP contribution in [0.2, 0.25) is 0 Å². The molecule has 17 heavy (non-hydrogen) atoms. The number of rotatable bonds is 5. The van der Waals surface area contributed by atoms with E-state index in [4.69, 9.17) is 4.42 Å². The molecule has 0 saturated carbocycles. The van der Waals surface area contributed by atoms with Crippen LogP contribution in [0.5, 0.6) is 0 Å². The third kappa shape index (κ3) is 3.04. The largest absolute Gasteiger partial charge is 0.468 e. The number of hydrogen-bond donors (Lipinski definition) is 1. The van der Waals surface area contributed by atoms with Gasteiger partial charge < -0.3 is 9.73 Å². The molecule has 0 aliphatic rings. The van der Waals surface area contributed by atoms with E-state index in [9.17, 15) is 4.79 Å². The quantitative estimate of drug-likeness (QED) is 0.842. The minimum atomic E-state index is -0.0348. The van der Waals surface area contributed by atoms with Gasteiger partial charge in [-0.2, -0.15) is 0 Å². The Balaban J connectivity index is 1.84. The van der Waals surface area contributed by atoms with Crippen LogP contribution in [-0.4, -0.2) is 16.1 Å². The summed E-state index contributed by atoms with van der Waals surface area (Å²) < 4.78 is 6.85. The molecule has 2 aromatic rings. The first-order valence-corrected chi connectivity index (χ1v) is 5.54. The lowest BCUT2D eigenvalue weighted by molar-refractivity contribution is 0.422. The average Bonchev–Trinajstić information content (AvgIpc) is 2.85. The topological polar surface area (TPSA) is 60.1 Å². The summed E-state index contributed by atoms with van der Waals surface area (Å²) in [4.78, 5) is 15.3. The molecule has 0 aliphatic carbocycles. The maximum absolute atomic E-state index is 11.4. The third-order valence-corrected chi connectivity index (χ3v) is 2.57. The molecule has 90 valence electrons. The fourth-order valence-corrected chi connectivity index (χ4v) is 1.59. The molecule has 0 aliphatic heterocycles. The Morgan fingerprint density at radius 3 is 3.12 bits per heavy atom. The molecule has 0 radical (unpaired) electrons. The lowest BCUT2D eigenvalue weighted by Crippen LogP contribution is -2.28. The van der Waals surface area contributed by atoms with Gasteiger partial charge >= 0.3 is 0 Å². The van der Waals surface area contributed by atoms with Gasteiger partial charge in [-0.3, -0.25) is 9.36 Å².